The first-order chi connectivity index (χ1) is 9.92. The van der Waals surface area contributed by atoms with E-state index in [1.165, 1.54) is 6.07 Å². The molecule has 0 aliphatic rings. The van der Waals surface area contributed by atoms with Crippen LogP contribution in [0.4, 0.5) is 4.39 Å². The third kappa shape index (κ3) is 6.39. The van der Waals surface area contributed by atoms with Crippen LogP contribution >= 0.6 is 0 Å². The van der Waals surface area contributed by atoms with Crippen molar-refractivity contribution in [2.75, 3.05) is 19.7 Å². The van der Waals surface area contributed by atoms with Crippen LogP contribution in [0.2, 0.25) is 0 Å². The number of primary amides is 1. The van der Waals surface area contributed by atoms with Gasteiger partial charge in [0.25, 0.3) is 0 Å². The van der Waals surface area contributed by atoms with Gasteiger partial charge in [-0.05, 0) is 23.6 Å². The molecule has 0 aliphatic carbocycles. The standard InChI is InChI=1S/C16H21FN2O2/c1-12(2)9-19(11-16(18)21)10-13-5-6-15(17)14(8-13)4-3-7-20/h5-6,8,12,20H,7,9-11H2,1-2H3,(H2,18,21). The number of carbonyl (C=O) groups is 1. The molecule has 0 aliphatic heterocycles. The minimum absolute atomic E-state index is 0.160. The molecule has 4 nitrogen and oxygen atoms in total. The largest absolute Gasteiger partial charge is 0.384 e. The molecule has 0 spiro atoms. The molecule has 21 heavy (non-hydrogen) atoms. The van der Waals surface area contributed by atoms with Crippen LogP contribution in [0, 0.1) is 23.6 Å². The first kappa shape index (κ1) is 17.2. The molecular formula is C16H21FN2O2. The van der Waals surface area contributed by atoms with Crippen molar-refractivity contribution in [3.63, 3.8) is 0 Å². The second-order valence-electron chi connectivity index (χ2n) is 5.30. The second-order valence-corrected chi connectivity index (χ2v) is 5.30. The number of hydrogen-bond acceptors (Lipinski definition) is 3. The molecule has 0 unspecified atom stereocenters. The molecule has 0 radical (unpaired) electrons. The molecule has 0 saturated heterocycles. The van der Waals surface area contributed by atoms with Gasteiger partial charge in [-0.15, -0.1) is 0 Å². The van der Waals surface area contributed by atoms with Crippen LogP contribution in [0.15, 0.2) is 18.2 Å². The molecule has 0 saturated carbocycles. The fraction of sp³-hybridized carbons (Fsp3) is 0.438. The number of nitrogens with two attached hydrogens (primary N) is 1. The minimum atomic E-state index is -0.426. The number of halogens is 1. The number of aliphatic hydroxyl groups excluding tert-OH is 1. The maximum Gasteiger partial charge on any atom is 0.231 e. The zero-order valence-electron chi connectivity index (χ0n) is 12.4. The van der Waals surface area contributed by atoms with E-state index < -0.39 is 11.7 Å². The lowest BCUT2D eigenvalue weighted by Crippen LogP contribution is -2.35. The quantitative estimate of drug-likeness (QED) is 0.772. The average molecular weight is 292 g/mol. The number of benzene rings is 1. The smallest absolute Gasteiger partial charge is 0.231 e. The van der Waals surface area contributed by atoms with E-state index in [2.05, 4.69) is 25.7 Å². The van der Waals surface area contributed by atoms with Crippen LogP contribution in [-0.4, -0.2) is 35.6 Å². The molecule has 1 rings (SSSR count). The molecule has 5 heteroatoms. The van der Waals surface area contributed by atoms with Crippen molar-refractivity contribution in [1.82, 2.24) is 4.90 Å². The van der Waals surface area contributed by atoms with Crippen molar-refractivity contribution in [2.24, 2.45) is 11.7 Å². The Hall–Kier alpha value is -1.90. The van der Waals surface area contributed by atoms with E-state index >= 15 is 0 Å². The summed E-state index contributed by atoms with van der Waals surface area (Å²) in [7, 11) is 0. The van der Waals surface area contributed by atoms with Gasteiger partial charge in [0.1, 0.15) is 12.4 Å². The Kier molecular flexibility index (Phi) is 6.86. The topological polar surface area (TPSA) is 66.6 Å². The van der Waals surface area contributed by atoms with Crippen LogP contribution < -0.4 is 5.73 Å². The summed E-state index contributed by atoms with van der Waals surface area (Å²) in [6.45, 7) is 5.17. The van der Waals surface area contributed by atoms with Gasteiger partial charge in [-0.25, -0.2) is 4.39 Å². The third-order valence-electron chi connectivity index (χ3n) is 2.74. The fourth-order valence-corrected chi connectivity index (χ4v) is 2.08. The van der Waals surface area contributed by atoms with Crippen molar-refractivity contribution < 1.29 is 14.3 Å². The Morgan fingerprint density at radius 3 is 2.76 bits per heavy atom. The van der Waals surface area contributed by atoms with E-state index in [-0.39, 0.29) is 18.7 Å². The van der Waals surface area contributed by atoms with E-state index in [9.17, 15) is 9.18 Å². The molecule has 1 aromatic carbocycles. The number of amides is 1. The number of hydrogen-bond donors (Lipinski definition) is 2. The zero-order valence-corrected chi connectivity index (χ0v) is 12.4. The lowest BCUT2D eigenvalue weighted by Gasteiger charge is -2.23. The van der Waals surface area contributed by atoms with E-state index in [4.69, 9.17) is 10.8 Å². The van der Waals surface area contributed by atoms with E-state index in [0.717, 1.165) is 12.1 Å². The lowest BCUT2D eigenvalue weighted by atomic mass is 10.1. The van der Waals surface area contributed by atoms with Crippen molar-refractivity contribution in [1.29, 1.82) is 0 Å². The summed E-state index contributed by atoms with van der Waals surface area (Å²) in [4.78, 5) is 13.0. The lowest BCUT2D eigenvalue weighted by molar-refractivity contribution is -0.119. The molecule has 0 heterocycles. The average Bonchev–Trinajstić information content (AvgIpc) is 2.37. The maximum absolute atomic E-state index is 13.6. The Bertz CT molecular complexity index is 547. The molecule has 0 bridgehead atoms. The molecule has 1 amide bonds. The number of aliphatic hydroxyl groups is 1. The molecule has 1 aromatic rings. The molecule has 114 valence electrons. The predicted molar refractivity (Wildman–Crippen MR) is 79.7 cm³/mol. The van der Waals surface area contributed by atoms with E-state index in [1.807, 2.05) is 4.90 Å². The van der Waals surface area contributed by atoms with Gasteiger partial charge in [-0.2, -0.15) is 0 Å². The summed E-state index contributed by atoms with van der Waals surface area (Å²) in [6, 6.07) is 4.63. The summed E-state index contributed by atoms with van der Waals surface area (Å²) in [5, 5.41) is 8.68. The summed E-state index contributed by atoms with van der Waals surface area (Å²) in [5.74, 6) is 4.57. The zero-order chi connectivity index (χ0) is 15.8. The first-order valence-corrected chi connectivity index (χ1v) is 6.81. The van der Waals surface area contributed by atoms with Gasteiger partial charge in [-0.3, -0.25) is 9.69 Å². The highest BCUT2D eigenvalue weighted by Crippen LogP contribution is 2.13. The number of rotatable bonds is 6. The molecule has 3 N–H and O–H groups in total. The number of carbonyl (C=O) groups excluding carboxylic acids is 1. The number of nitrogens with zero attached hydrogens (tertiary/aromatic N) is 1. The highest BCUT2D eigenvalue weighted by molar-refractivity contribution is 5.75. The van der Waals surface area contributed by atoms with Crippen molar-refractivity contribution in [2.45, 2.75) is 20.4 Å². The molecule has 0 fully saturated rings. The maximum atomic E-state index is 13.6. The van der Waals surface area contributed by atoms with Crippen molar-refractivity contribution in [3.8, 4) is 11.8 Å². The van der Waals surface area contributed by atoms with Crippen LogP contribution in [-0.2, 0) is 11.3 Å². The second kappa shape index (κ2) is 8.40. The molecule has 0 aromatic heterocycles. The Labute approximate surface area is 124 Å². The third-order valence-corrected chi connectivity index (χ3v) is 2.74. The first-order valence-electron chi connectivity index (χ1n) is 6.81. The van der Waals surface area contributed by atoms with Gasteiger partial charge in [0.15, 0.2) is 0 Å². The summed E-state index contributed by atoms with van der Waals surface area (Å²) in [6.07, 6.45) is 0. The monoisotopic (exact) mass is 292 g/mol. The van der Waals surface area contributed by atoms with Crippen LogP contribution in [0.3, 0.4) is 0 Å². The van der Waals surface area contributed by atoms with Gasteiger partial charge in [-0.1, -0.05) is 31.8 Å². The van der Waals surface area contributed by atoms with Gasteiger partial charge in [0.2, 0.25) is 5.91 Å². The van der Waals surface area contributed by atoms with Gasteiger partial charge in [0.05, 0.1) is 12.1 Å². The highest BCUT2D eigenvalue weighted by atomic mass is 19.1. The van der Waals surface area contributed by atoms with Gasteiger partial charge < -0.3 is 10.8 Å². The van der Waals surface area contributed by atoms with Crippen LogP contribution in [0.1, 0.15) is 25.0 Å². The van der Waals surface area contributed by atoms with E-state index in [1.54, 1.807) is 12.1 Å². The normalized spacial score (nSPS) is 10.6. The Morgan fingerprint density at radius 2 is 2.19 bits per heavy atom. The molecule has 0 atom stereocenters. The Balaban J connectivity index is 2.90. The fourth-order valence-electron chi connectivity index (χ4n) is 2.08. The highest BCUT2D eigenvalue weighted by Gasteiger charge is 2.12. The van der Waals surface area contributed by atoms with Gasteiger partial charge >= 0.3 is 0 Å². The summed E-state index contributed by atoms with van der Waals surface area (Å²) < 4.78 is 13.6. The summed E-state index contributed by atoms with van der Waals surface area (Å²) in [5.41, 5.74) is 6.34. The van der Waals surface area contributed by atoms with E-state index in [0.29, 0.717) is 12.5 Å². The van der Waals surface area contributed by atoms with Crippen LogP contribution in [0.25, 0.3) is 0 Å². The summed E-state index contributed by atoms with van der Waals surface area (Å²) >= 11 is 0. The Morgan fingerprint density at radius 1 is 1.48 bits per heavy atom. The van der Waals surface area contributed by atoms with Crippen molar-refractivity contribution >= 4 is 5.91 Å². The molecular weight excluding hydrogens is 271 g/mol. The SMILES string of the molecule is CC(C)CN(CC(N)=O)Cc1ccc(F)c(C#CCO)c1. The minimum Gasteiger partial charge on any atom is -0.384 e. The predicted octanol–water partition coefficient (Wildman–Crippen LogP) is 1.11. The van der Waals surface area contributed by atoms with Crippen LogP contribution in [0.5, 0.6) is 0 Å². The van der Waals surface area contributed by atoms with Crippen molar-refractivity contribution in [3.05, 3.63) is 35.1 Å². The van der Waals surface area contributed by atoms with Gasteiger partial charge in [0, 0.05) is 13.1 Å².